The van der Waals surface area contributed by atoms with Gasteiger partial charge in [-0.25, -0.2) is 4.39 Å². The Hall–Kier alpha value is -1.09. The minimum absolute atomic E-state index is 0.0342. The normalized spacial score (nSPS) is 20.6. The van der Waals surface area contributed by atoms with E-state index in [-0.39, 0.29) is 11.9 Å². The highest BCUT2D eigenvalue weighted by Crippen LogP contribution is 2.33. The van der Waals surface area contributed by atoms with E-state index in [1.165, 1.54) is 6.07 Å². The van der Waals surface area contributed by atoms with Crippen molar-refractivity contribution in [3.05, 3.63) is 29.6 Å². The molecule has 1 aromatic rings. The SMILES string of the molecule is COC1CCNc2c(F)cccc21. The first-order chi connectivity index (χ1) is 6.33. The lowest BCUT2D eigenvalue weighted by atomic mass is 10.0. The number of fused-ring (bicyclic) bond motifs is 1. The predicted octanol–water partition coefficient (Wildman–Crippen LogP) is 2.33. The van der Waals surface area contributed by atoms with Crippen molar-refractivity contribution in [1.29, 1.82) is 0 Å². The maximum absolute atomic E-state index is 13.3. The summed E-state index contributed by atoms with van der Waals surface area (Å²) in [4.78, 5) is 0. The molecule has 0 radical (unpaired) electrons. The number of ether oxygens (including phenoxy) is 1. The molecule has 0 fully saturated rings. The van der Waals surface area contributed by atoms with Gasteiger partial charge in [0, 0.05) is 19.2 Å². The van der Waals surface area contributed by atoms with E-state index in [0.717, 1.165) is 18.5 Å². The largest absolute Gasteiger partial charge is 0.382 e. The van der Waals surface area contributed by atoms with Crippen LogP contribution < -0.4 is 5.32 Å². The quantitative estimate of drug-likeness (QED) is 0.718. The first-order valence-electron chi connectivity index (χ1n) is 4.38. The predicted molar refractivity (Wildman–Crippen MR) is 49.3 cm³/mol. The molecule has 1 N–H and O–H groups in total. The van der Waals surface area contributed by atoms with Crippen molar-refractivity contribution in [3.8, 4) is 0 Å². The molecule has 0 saturated heterocycles. The van der Waals surface area contributed by atoms with Crippen molar-refractivity contribution in [1.82, 2.24) is 0 Å². The van der Waals surface area contributed by atoms with E-state index in [2.05, 4.69) is 5.32 Å². The Balaban J connectivity index is 2.45. The lowest BCUT2D eigenvalue weighted by Crippen LogP contribution is -2.18. The molecule has 1 atom stereocenters. The van der Waals surface area contributed by atoms with Crippen molar-refractivity contribution < 1.29 is 9.13 Å². The van der Waals surface area contributed by atoms with Crippen LogP contribution in [0.4, 0.5) is 10.1 Å². The fraction of sp³-hybridized carbons (Fsp3) is 0.400. The van der Waals surface area contributed by atoms with Gasteiger partial charge in [0.25, 0.3) is 0 Å². The van der Waals surface area contributed by atoms with Gasteiger partial charge in [-0.05, 0) is 12.5 Å². The molecule has 1 unspecified atom stereocenters. The third-order valence-electron chi connectivity index (χ3n) is 2.39. The standard InChI is InChI=1S/C10H12FNO/c1-13-9-5-6-12-10-7(9)3-2-4-8(10)11/h2-4,9,12H,5-6H2,1H3. The molecule has 70 valence electrons. The highest BCUT2D eigenvalue weighted by atomic mass is 19.1. The number of anilines is 1. The Kier molecular flexibility index (Phi) is 2.19. The molecule has 0 saturated carbocycles. The van der Waals surface area contributed by atoms with Crippen molar-refractivity contribution in [2.24, 2.45) is 0 Å². The minimum Gasteiger partial charge on any atom is -0.382 e. The fourth-order valence-electron chi connectivity index (χ4n) is 1.72. The van der Waals surface area contributed by atoms with Gasteiger partial charge in [-0.3, -0.25) is 0 Å². The average molecular weight is 181 g/mol. The Morgan fingerprint density at radius 1 is 1.54 bits per heavy atom. The maximum atomic E-state index is 13.3. The van der Waals surface area contributed by atoms with E-state index in [1.807, 2.05) is 6.07 Å². The van der Waals surface area contributed by atoms with Crippen molar-refractivity contribution in [2.75, 3.05) is 19.0 Å². The van der Waals surface area contributed by atoms with Crippen LogP contribution in [-0.4, -0.2) is 13.7 Å². The van der Waals surface area contributed by atoms with Crippen LogP contribution >= 0.6 is 0 Å². The van der Waals surface area contributed by atoms with Crippen LogP contribution in [0.1, 0.15) is 18.1 Å². The van der Waals surface area contributed by atoms with Crippen LogP contribution in [0.25, 0.3) is 0 Å². The molecule has 13 heavy (non-hydrogen) atoms. The summed E-state index contributed by atoms with van der Waals surface area (Å²) in [7, 11) is 1.66. The molecule has 2 nitrogen and oxygen atoms in total. The summed E-state index contributed by atoms with van der Waals surface area (Å²) < 4.78 is 18.5. The monoisotopic (exact) mass is 181 g/mol. The first kappa shape index (κ1) is 8.51. The summed E-state index contributed by atoms with van der Waals surface area (Å²) in [6.07, 6.45) is 0.930. The van der Waals surface area contributed by atoms with Crippen LogP contribution in [0.2, 0.25) is 0 Å². The van der Waals surface area contributed by atoms with Gasteiger partial charge in [-0.1, -0.05) is 12.1 Å². The van der Waals surface area contributed by atoms with Gasteiger partial charge in [0.2, 0.25) is 0 Å². The zero-order valence-electron chi connectivity index (χ0n) is 7.51. The second-order valence-corrected chi connectivity index (χ2v) is 3.14. The fourth-order valence-corrected chi connectivity index (χ4v) is 1.72. The molecule has 3 heteroatoms. The van der Waals surface area contributed by atoms with Gasteiger partial charge >= 0.3 is 0 Å². The molecule has 2 rings (SSSR count). The summed E-state index contributed by atoms with van der Waals surface area (Å²) in [6.45, 7) is 0.770. The molecular formula is C10H12FNO. The van der Waals surface area contributed by atoms with Gasteiger partial charge in [0.15, 0.2) is 0 Å². The molecule has 1 aliphatic rings. The van der Waals surface area contributed by atoms with E-state index in [1.54, 1.807) is 13.2 Å². The minimum atomic E-state index is -0.195. The Labute approximate surface area is 76.7 Å². The molecular weight excluding hydrogens is 169 g/mol. The zero-order valence-corrected chi connectivity index (χ0v) is 7.51. The molecule has 0 amide bonds. The van der Waals surface area contributed by atoms with E-state index in [9.17, 15) is 4.39 Å². The number of benzene rings is 1. The van der Waals surface area contributed by atoms with E-state index in [0.29, 0.717) is 5.69 Å². The smallest absolute Gasteiger partial charge is 0.146 e. The molecule has 1 aliphatic heterocycles. The van der Waals surface area contributed by atoms with Crippen LogP contribution in [0.5, 0.6) is 0 Å². The molecule has 0 spiro atoms. The van der Waals surface area contributed by atoms with Gasteiger partial charge in [-0.2, -0.15) is 0 Å². The summed E-state index contributed by atoms with van der Waals surface area (Å²) in [6, 6.07) is 5.08. The highest BCUT2D eigenvalue weighted by Gasteiger charge is 2.21. The van der Waals surface area contributed by atoms with E-state index >= 15 is 0 Å². The molecule has 0 bridgehead atoms. The van der Waals surface area contributed by atoms with E-state index in [4.69, 9.17) is 4.74 Å². The summed E-state index contributed by atoms with van der Waals surface area (Å²) >= 11 is 0. The highest BCUT2D eigenvalue weighted by molar-refractivity contribution is 5.55. The maximum Gasteiger partial charge on any atom is 0.146 e. The lowest BCUT2D eigenvalue weighted by Gasteiger charge is -2.25. The number of hydrogen-bond acceptors (Lipinski definition) is 2. The number of methoxy groups -OCH3 is 1. The number of para-hydroxylation sites is 1. The lowest BCUT2D eigenvalue weighted by molar-refractivity contribution is 0.0961. The third-order valence-corrected chi connectivity index (χ3v) is 2.39. The van der Waals surface area contributed by atoms with Crippen LogP contribution in [0.15, 0.2) is 18.2 Å². The summed E-state index contributed by atoms with van der Waals surface area (Å²) in [5, 5.41) is 3.04. The van der Waals surface area contributed by atoms with Gasteiger partial charge in [0.1, 0.15) is 5.82 Å². The van der Waals surface area contributed by atoms with Crippen molar-refractivity contribution >= 4 is 5.69 Å². The number of nitrogens with one attached hydrogen (secondary N) is 1. The van der Waals surface area contributed by atoms with Crippen LogP contribution in [0, 0.1) is 5.82 Å². The molecule has 0 aliphatic carbocycles. The number of rotatable bonds is 1. The second-order valence-electron chi connectivity index (χ2n) is 3.14. The van der Waals surface area contributed by atoms with Crippen LogP contribution in [0.3, 0.4) is 0 Å². The number of halogens is 1. The van der Waals surface area contributed by atoms with Gasteiger partial charge < -0.3 is 10.1 Å². The topological polar surface area (TPSA) is 21.3 Å². The summed E-state index contributed by atoms with van der Waals surface area (Å²) in [5.74, 6) is -0.195. The third kappa shape index (κ3) is 1.40. The Morgan fingerprint density at radius 2 is 2.38 bits per heavy atom. The zero-order chi connectivity index (χ0) is 9.26. The van der Waals surface area contributed by atoms with Crippen molar-refractivity contribution in [3.63, 3.8) is 0 Å². The first-order valence-corrected chi connectivity index (χ1v) is 4.38. The van der Waals surface area contributed by atoms with E-state index < -0.39 is 0 Å². The van der Waals surface area contributed by atoms with Crippen molar-refractivity contribution in [2.45, 2.75) is 12.5 Å². The molecule has 0 aromatic heterocycles. The summed E-state index contributed by atoms with van der Waals surface area (Å²) in [5.41, 5.74) is 1.52. The second kappa shape index (κ2) is 3.34. The number of hydrogen-bond donors (Lipinski definition) is 1. The Bertz CT molecular complexity index is 314. The molecule has 1 heterocycles. The van der Waals surface area contributed by atoms with Gasteiger partial charge in [0.05, 0.1) is 11.8 Å². The van der Waals surface area contributed by atoms with Crippen LogP contribution in [-0.2, 0) is 4.74 Å². The van der Waals surface area contributed by atoms with Gasteiger partial charge in [-0.15, -0.1) is 0 Å². The molecule has 1 aromatic carbocycles. The Morgan fingerprint density at radius 3 is 3.15 bits per heavy atom. The average Bonchev–Trinajstić information content (AvgIpc) is 2.18.